The zero-order valence-corrected chi connectivity index (χ0v) is 14.2. The maximum atomic E-state index is 5.35. The molecule has 0 bridgehead atoms. The van der Waals surface area contributed by atoms with Gasteiger partial charge in [-0.2, -0.15) is 10.1 Å². The van der Waals surface area contributed by atoms with Crippen molar-refractivity contribution in [3.63, 3.8) is 0 Å². The van der Waals surface area contributed by atoms with Crippen LogP contribution in [0.25, 0.3) is 11.3 Å². The molecule has 6 nitrogen and oxygen atoms in total. The quantitative estimate of drug-likeness (QED) is 0.845. The molecule has 1 aliphatic rings. The molecule has 6 heteroatoms. The molecule has 2 aromatic heterocycles. The van der Waals surface area contributed by atoms with Crippen molar-refractivity contribution in [2.24, 2.45) is 11.8 Å². The van der Waals surface area contributed by atoms with Gasteiger partial charge in [0.2, 0.25) is 5.88 Å². The highest BCUT2D eigenvalue weighted by Crippen LogP contribution is 2.52. The Kier molecular flexibility index (Phi) is 4.15. The van der Waals surface area contributed by atoms with Crippen LogP contribution in [0, 0.1) is 18.8 Å². The summed E-state index contributed by atoms with van der Waals surface area (Å²) in [5, 5.41) is 8.64. The third-order valence-corrected chi connectivity index (χ3v) is 4.50. The maximum absolute atomic E-state index is 5.35. The van der Waals surface area contributed by atoms with Gasteiger partial charge in [-0.3, -0.25) is 0 Å². The second kappa shape index (κ2) is 6.10. The fourth-order valence-corrected chi connectivity index (χ4v) is 3.06. The Balaban J connectivity index is 1.98. The van der Waals surface area contributed by atoms with Crippen LogP contribution >= 0.6 is 0 Å². The van der Waals surface area contributed by atoms with Gasteiger partial charge in [0, 0.05) is 6.20 Å². The summed E-state index contributed by atoms with van der Waals surface area (Å²) in [6.45, 7) is 6.56. The molecule has 2 aromatic rings. The molecule has 2 atom stereocenters. The van der Waals surface area contributed by atoms with E-state index in [4.69, 9.17) is 9.47 Å². The topological polar surface area (TPSA) is 70.0 Å². The van der Waals surface area contributed by atoms with Crippen LogP contribution in [-0.4, -0.2) is 34.4 Å². The summed E-state index contributed by atoms with van der Waals surface area (Å²) in [5.74, 6) is 2.45. The van der Waals surface area contributed by atoms with E-state index in [0.29, 0.717) is 17.7 Å². The minimum absolute atomic E-state index is 0.271. The van der Waals surface area contributed by atoms with Crippen molar-refractivity contribution >= 4 is 0 Å². The standard InChI is InChI=1S/C17H22N4O2/c1-9(2)11-6-13(11)12-7-15(21-20-10(12)3)14-8-18-17(23-5)19-16(14)22-4/h7-9,11,13H,6H2,1-5H3. The SMILES string of the molecule is COc1ncc(-c2cc(C3CC3C(C)C)c(C)nn2)c(OC)n1. The fraction of sp³-hybridized carbons (Fsp3) is 0.529. The summed E-state index contributed by atoms with van der Waals surface area (Å²) in [6, 6.07) is 2.37. The first-order valence-corrected chi connectivity index (χ1v) is 7.84. The Bertz CT molecular complexity index is 718. The smallest absolute Gasteiger partial charge is 0.319 e. The van der Waals surface area contributed by atoms with Gasteiger partial charge in [0.1, 0.15) is 5.69 Å². The van der Waals surface area contributed by atoms with E-state index in [1.54, 1.807) is 13.3 Å². The molecule has 0 spiro atoms. The normalized spacial score (nSPS) is 19.7. The van der Waals surface area contributed by atoms with Crippen LogP contribution in [0.2, 0.25) is 0 Å². The highest BCUT2D eigenvalue weighted by atomic mass is 16.5. The van der Waals surface area contributed by atoms with Crippen molar-refractivity contribution in [1.29, 1.82) is 0 Å². The fourth-order valence-electron chi connectivity index (χ4n) is 3.06. The Morgan fingerprint density at radius 2 is 1.96 bits per heavy atom. The number of methoxy groups -OCH3 is 2. The lowest BCUT2D eigenvalue weighted by Gasteiger charge is -2.10. The van der Waals surface area contributed by atoms with Crippen LogP contribution in [0.3, 0.4) is 0 Å². The summed E-state index contributed by atoms with van der Waals surface area (Å²) in [7, 11) is 3.10. The van der Waals surface area contributed by atoms with E-state index in [0.717, 1.165) is 22.9 Å². The molecule has 0 saturated heterocycles. The zero-order valence-electron chi connectivity index (χ0n) is 14.2. The number of rotatable bonds is 5. The molecule has 2 unspecified atom stereocenters. The second-order valence-electron chi connectivity index (χ2n) is 6.30. The van der Waals surface area contributed by atoms with Crippen molar-refractivity contribution < 1.29 is 9.47 Å². The van der Waals surface area contributed by atoms with Crippen LogP contribution in [0.5, 0.6) is 11.9 Å². The second-order valence-corrected chi connectivity index (χ2v) is 6.30. The van der Waals surface area contributed by atoms with Gasteiger partial charge in [-0.15, -0.1) is 5.10 Å². The molecule has 0 N–H and O–H groups in total. The van der Waals surface area contributed by atoms with Gasteiger partial charge in [0.25, 0.3) is 0 Å². The van der Waals surface area contributed by atoms with E-state index in [9.17, 15) is 0 Å². The van der Waals surface area contributed by atoms with E-state index in [2.05, 4.69) is 40.1 Å². The molecule has 0 radical (unpaired) electrons. The van der Waals surface area contributed by atoms with E-state index >= 15 is 0 Å². The highest BCUT2D eigenvalue weighted by molar-refractivity contribution is 5.64. The van der Waals surface area contributed by atoms with Crippen molar-refractivity contribution in [3.8, 4) is 23.1 Å². The predicted octanol–water partition coefficient (Wildman–Crippen LogP) is 3.02. The largest absolute Gasteiger partial charge is 0.480 e. The molecule has 1 fully saturated rings. The van der Waals surface area contributed by atoms with Gasteiger partial charge in [0.15, 0.2) is 0 Å². The van der Waals surface area contributed by atoms with Crippen LogP contribution in [-0.2, 0) is 0 Å². The molecule has 3 rings (SSSR count). The molecule has 1 aliphatic carbocycles. The Morgan fingerprint density at radius 3 is 2.57 bits per heavy atom. The molecule has 23 heavy (non-hydrogen) atoms. The molecule has 2 heterocycles. The molecular weight excluding hydrogens is 292 g/mol. The lowest BCUT2D eigenvalue weighted by molar-refractivity contribution is 0.353. The summed E-state index contributed by atoms with van der Waals surface area (Å²) in [6.07, 6.45) is 2.89. The van der Waals surface area contributed by atoms with E-state index in [1.807, 2.05) is 6.92 Å². The Morgan fingerprint density at radius 1 is 1.17 bits per heavy atom. The van der Waals surface area contributed by atoms with Gasteiger partial charge in [-0.05, 0) is 42.7 Å². The minimum Gasteiger partial charge on any atom is -0.480 e. The monoisotopic (exact) mass is 314 g/mol. The third-order valence-electron chi connectivity index (χ3n) is 4.50. The minimum atomic E-state index is 0.271. The zero-order chi connectivity index (χ0) is 16.6. The van der Waals surface area contributed by atoms with Crippen molar-refractivity contribution in [2.75, 3.05) is 14.2 Å². The molecule has 1 saturated carbocycles. The average molecular weight is 314 g/mol. The summed E-state index contributed by atoms with van der Waals surface area (Å²) >= 11 is 0. The maximum Gasteiger partial charge on any atom is 0.319 e. The third kappa shape index (κ3) is 2.98. The Hall–Kier alpha value is -2.24. The van der Waals surface area contributed by atoms with Gasteiger partial charge in [0.05, 0.1) is 25.5 Å². The van der Waals surface area contributed by atoms with Gasteiger partial charge >= 0.3 is 6.01 Å². The molecular formula is C17H22N4O2. The number of hydrogen-bond acceptors (Lipinski definition) is 6. The van der Waals surface area contributed by atoms with E-state index in [-0.39, 0.29) is 6.01 Å². The van der Waals surface area contributed by atoms with Crippen LogP contribution in [0.4, 0.5) is 0 Å². The number of hydrogen-bond donors (Lipinski definition) is 0. The number of ether oxygens (including phenoxy) is 2. The molecule has 122 valence electrons. The van der Waals surface area contributed by atoms with Gasteiger partial charge in [-0.1, -0.05) is 13.8 Å². The predicted molar refractivity (Wildman–Crippen MR) is 86.6 cm³/mol. The average Bonchev–Trinajstić information content (AvgIpc) is 3.35. The summed E-state index contributed by atoms with van der Waals surface area (Å²) in [5.41, 5.74) is 3.73. The van der Waals surface area contributed by atoms with Crippen LogP contribution in [0.1, 0.15) is 37.4 Å². The van der Waals surface area contributed by atoms with Crippen molar-refractivity contribution in [1.82, 2.24) is 20.2 Å². The first-order valence-electron chi connectivity index (χ1n) is 7.84. The number of nitrogens with zero attached hydrogens (tertiary/aromatic N) is 4. The Labute approximate surface area is 136 Å². The molecule has 0 aliphatic heterocycles. The first kappa shape index (κ1) is 15.6. The van der Waals surface area contributed by atoms with Crippen LogP contribution < -0.4 is 9.47 Å². The number of aryl methyl sites for hydroxylation is 1. The molecule has 0 aromatic carbocycles. The lowest BCUT2D eigenvalue weighted by Crippen LogP contribution is -2.02. The van der Waals surface area contributed by atoms with Crippen LogP contribution in [0.15, 0.2) is 12.3 Å². The van der Waals surface area contributed by atoms with E-state index < -0.39 is 0 Å². The first-order chi connectivity index (χ1) is 11.0. The number of aromatic nitrogens is 4. The summed E-state index contributed by atoms with van der Waals surface area (Å²) < 4.78 is 10.4. The van der Waals surface area contributed by atoms with Gasteiger partial charge in [-0.25, -0.2) is 4.98 Å². The summed E-state index contributed by atoms with van der Waals surface area (Å²) in [4.78, 5) is 8.38. The van der Waals surface area contributed by atoms with Gasteiger partial charge < -0.3 is 9.47 Å². The highest BCUT2D eigenvalue weighted by Gasteiger charge is 2.41. The lowest BCUT2D eigenvalue weighted by atomic mass is 10.0. The van der Waals surface area contributed by atoms with E-state index in [1.165, 1.54) is 19.1 Å². The van der Waals surface area contributed by atoms with Crippen molar-refractivity contribution in [3.05, 3.63) is 23.5 Å². The molecule has 0 amide bonds. The van der Waals surface area contributed by atoms with Crippen molar-refractivity contribution in [2.45, 2.75) is 33.1 Å².